The fourth-order valence-electron chi connectivity index (χ4n) is 0.830. The normalized spacial score (nSPS) is 11.6. The van der Waals surface area contributed by atoms with Gasteiger partial charge in [-0.25, -0.2) is 0 Å². The maximum Gasteiger partial charge on any atom is 0.264 e. The number of rotatable bonds is 3. The van der Waals surface area contributed by atoms with E-state index >= 15 is 0 Å². The second kappa shape index (κ2) is 4.49. The molecule has 1 aromatic carbocycles. The molecule has 0 aromatic heterocycles. The largest absolute Gasteiger partial charge is 0.265 e. The summed E-state index contributed by atoms with van der Waals surface area (Å²) in [4.78, 5) is 0. The van der Waals surface area contributed by atoms with Gasteiger partial charge in [0.2, 0.25) is 0 Å². The van der Waals surface area contributed by atoms with Crippen molar-refractivity contribution in [2.75, 3.05) is 6.26 Å². The highest BCUT2D eigenvalue weighted by Crippen LogP contribution is 2.26. The molecule has 0 fully saturated rings. The van der Waals surface area contributed by atoms with Gasteiger partial charge in [0.1, 0.15) is 0 Å². The predicted molar refractivity (Wildman–Crippen MR) is 56.1 cm³/mol. The smallest absolute Gasteiger partial charge is 0.264 e. The summed E-state index contributed by atoms with van der Waals surface area (Å²) in [5, 5.41) is 0.694. The van der Waals surface area contributed by atoms with Crippen LogP contribution in [0.4, 0.5) is 0 Å². The van der Waals surface area contributed by atoms with E-state index in [0.29, 0.717) is 15.6 Å². The van der Waals surface area contributed by atoms with E-state index in [1.165, 1.54) is 0 Å². The maximum atomic E-state index is 10.7. The topological polar surface area (TPSA) is 43.4 Å². The Labute approximate surface area is 92.7 Å². The molecule has 0 saturated carbocycles. The second-order valence-electron chi connectivity index (χ2n) is 2.68. The van der Waals surface area contributed by atoms with Gasteiger partial charge >= 0.3 is 0 Å². The summed E-state index contributed by atoms with van der Waals surface area (Å²) in [6, 6.07) is 4.95. The summed E-state index contributed by atoms with van der Waals surface area (Å²) >= 11 is 11.5. The molecule has 0 radical (unpaired) electrons. The Morgan fingerprint density at radius 3 is 2.57 bits per heavy atom. The molecule has 0 aliphatic carbocycles. The molecule has 1 rings (SSSR count). The third-order valence-corrected chi connectivity index (χ3v) is 2.86. The number of halogens is 2. The van der Waals surface area contributed by atoms with Crippen molar-refractivity contribution in [2.45, 2.75) is 6.61 Å². The third-order valence-electron chi connectivity index (χ3n) is 1.46. The molecule has 0 amide bonds. The van der Waals surface area contributed by atoms with Gasteiger partial charge in [0, 0.05) is 0 Å². The molecule has 0 heterocycles. The summed E-state index contributed by atoms with van der Waals surface area (Å²) in [6.07, 6.45) is 0.978. The van der Waals surface area contributed by atoms with E-state index in [1.54, 1.807) is 18.2 Å². The van der Waals surface area contributed by atoms with Gasteiger partial charge in [0.05, 0.1) is 22.9 Å². The van der Waals surface area contributed by atoms with Crippen molar-refractivity contribution in [1.82, 2.24) is 0 Å². The molecule has 3 nitrogen and oxygen atoms in total. The Hall–Kier alpha value is -0.290. The molecule has 0 bridgehead atoms. The molecule has 1 aromatic rings. The van der Waals surface area contributed by atoms with E-state index in [1.807, 2.05) is 0 Å². The molecule has 14 heavy (non-hydrogen) atoms. The first-order valence-corrected chi connectivity index (χ1v) is 6.24. The van der Waals surface area contributed by atoms with Crippen molar-refractivity contribution in [3.8, 4) is 0 Å². The minimum Gasteiger partial charge on any atom is -0.265 e. The Kier molecular flexibility index (Phi) is 3.78. The Balaban J connectivity index is 2.83. The van der Waals surface area contributed by atoms with Gasteiger partial charge in [-0.15, -0.1) is 0 Å². The van der Waals surface area contributed by atoms with Crippen LogP contribution in [-0.2, 0) is 20.9 Å². The maximum absolute atomic E-state index is 10.7. The summed E-state index contributed by atoms with van der Waals surface area (Å²) < 4.78 is 26.0. The van der Waals surface area contributed by atoms with Crippen LogP contribution in [0, 0.1) is 0 Å². The molecule has 78 valence electrons. The summed E-state index contributed by atoms with van der Waals surface area (Å²) in [5.41, 5.74) is 0.546. The van der Waals surface area contributed by atoms with Gasteiger partial charge < -0.3 is 0 Å². The molecule has 0 unspecified atom stereocenters. The zero-order chi connectivity index (χ0) is 10.8. The average molecular weight is 255 g/mol. The highest BCUT2D eigenvalue weighted by Gasteiger charge is 2.07. The third kappa shape index (κ3) is 3.46. The molecular formula is C8H8Cl2O3S. The van der Waals surface area contributed by atoms with Crippen molar-refractivity contribution in [3.05, 3.63) is 33.8 Å². The molecular weight excluding hydrogens is 247 g/mol. The van der Waals surface area contributed by atoms with Crippen LogP contribution >= 0.6 is 23.2 Å². The Morgan fingerprint density at radius 1 is 1.36 bits per heavy atom. The zero-order valence-electron chi connectivity index (χ0n) is 7.33. The van der Waals surface area contributed by atoms with Gasteiger partial charge in [-0.05, 0) is 11.6 Å². The van der Waals surface area contributed by atoms with Crippen molar-refractivity contribution in [1.29, 1.82) is 0 Å². The van der Waals surface area contributed by atoms with E-state index < -0.39 is 10.1 Å². The van der Waals surface area contributed by atoms with Gasteiger partial charge in [-0.3, -0.25) is 4.18 Å². The van der Waals surface area contributed by atoms with Gasteiger partial charge in [-0.2, -0.15) is 8.42 Å². The highest BCUT2D eigenvalue weighted by atomic mass is 35.5. The van der Waals surface area contributed by atoms with Crippen molar-refractivity contribution in [3.63, 3.8) is 0 Å². The van der Waals surface area contributed by atoms with E-state index in [-0.39, 0.29) is 6.61 Å². The second-order valence-corrected chi connectivity index (χ2v) is 5.11. The minimum absolute atomic E-state index is 0.0990. The first-order chi connectivity index (χ1) is 6.40. The lowest BCUT2D eigenvalue weighted by atomic mass is 10.2. The standard InChI is InChI=1S/C8H8Cl2O3S/c1-14(11,12)13-5-6-3-2-4-7(9)8(6)10/h2-4H,5H2,1H3. The van der Waals surface area contributed by atoms with Crippen molar-refractivity contribution < 1.29 is 12.6 Å². The van der Waals surface area contributed by atoms with Crippen LogP contribution in [0.3, 0.4) is 0 Å². The van der Waals surface area contributed by atoms with E-state index in [0.717, 1.165) is 6.26 Å². The SMILES string of the molecule is CS(=O)(=O)OCc1cccc(Cl)c1Cl. The molecule has 6 heteroatoms. The zero-order valence-corrected chi connectivity index (χ0v) is 9.66. The lowest BCUT2D eigenvalue weighted by Crippen LogP contribution is -2.02. The Morgan fingerprint density at radius 2 is 2.00 bits per heavy atom. The summed E-state index contributed by atoms with van der Waals surface area (Å²) in [6.45, 7) is -0.0990. The minimum atomic E-state index is -3.45. The lowest BCUT2D eigenvalue weighted by molar-refractivity contribution is 0.312. The van der Waals surface area contributed by atoms with Gasteiger partial charge in [-0.1, -0.05) is 35.3 Å². The predicted octanol–water partition coefficient (Wildman–Crippen LogP) is 2.47. The van der Waals surface area contributed by atoms with Crippen LogP contribution in [0.5, 0.6) is 0 Å². The van der Waals surface area contributed by atoms with E-state index in [9.17, 15) is 8.42 Å². The van der Waals surface area contributed by atoms with E-state index in [2.05, 4.69) is 4.18 Å². The molecule has 0 saturated heterocycles. The molecule has 0 atom stereocenters. The fraction of sp³-hybridized carbons (Fsp3) is 0.250. The summed E-state index contributed by atoms with van der Waals surface area (Å²) in [5.74, 6) is 0. The molecule has 0 aliphatic heterocycles. The monoisotopic (exact) mass is 254 g/mol. The van der Waals surface area contributed by atoms with Gasteiger partial charge in [0.15, 0.2) is 0 Å². The van der Waals surface area contributed by atoms with E-state index in [4.69, 9.17) is 23.2 Å². The van der Waals surface area contributed by atoms with Crippen LogP contribution in [-0.4, -0.2) is 14.7 Å². The molecule has 0 aliphatic rings. The van der Waals surface area contributed by atoms with Crippen LogP contribution in [0.15, 0.2) is 18.2 Å². The van der Waals surface area contributed by atoms with Crippen LogP contribution in [0.2, 0.25) is 10.0 Å². The first kappa shape index (κ1) is 11.8. The van der Waals surface area contributed by atoms with Crippen LogP contribution in [0.25, 0.3) is 0 Å². The quantitative estimate of drug-likeness (QED) is 0.779. The van der Waals surface area contributed by atoms with Crippen molar-refractivity contribution in [2.24, 2.45) is 0 Å². The Bertz CT molecular complexity index is 428. The fourth-order valence-corrected chi connectivity index (χ4v) is 1.55. The number of hydrogen-bond acceptors (Lipinski definition) is 3. The van der Waals surface area contributed by atoms with Crippen molar-refractivity contribution >= 4 is 33.3 Å². The number of benzene rings is 1. The number of hydrogen-bond donors (Lipinski definition) is 0. The van der Waals surface area contributed by atoms with Crippen LogP contribution in [0.1, 0.15) is 5.56 Å². The molecule has 0 N–H and O–H groups in total. The van der Waals surface area contributed by atoms with Gasteiger partial charge in [0.25, 0.3) is 10.1 Å². The summed E-state index contributed by atoms with van der Waals surface area (Å²) in [7, 11) is -3.45. The highest BCUT2D eigenvalue weighted by molar-refractivity contribution is 7.85. The van der Waals surface area contributed by atoms with Crippen LogP contribution < -0.4 is 0 Å². The first-order valence-electron chi connectivity index (χ1n) is 3.67. The molecule has 0 spiro atoms. The average Bonchev–Trinajstić information content (AvgIpc) is 2.06. The lowest BCUT2D eigenvalue weighted by Gasteiger charge is -2.04.